The van der Waals surface area contributed by atoms with Crippen molar-refractivity contribution in [3.8, 4) is 0 Å². The largest absolute Gasteiger partial charge is 0.445 e. The highest BCUT2D eigenvalue weighted by Gasteiger charge is 2.20. The van der Waals surface area contributed by atoms with Crippen LogP contribution in [0.3, 0.4) is 0 Å². The van der Waals surface area contributed by atoms with Crippen LogP contribution in [0.2, 0.25) is 0 Å². The van der Waals surface area contributed by atoms with E-state index in [9.17, 15) is 4.79 Å². The van der Waals surface area contributed by atoms with E-state index in [-0.39, 0.29) is 6.09 Å². The Balaban J connectivity index is 2.22. The number of amides is 1. The van der Waals surface area contributed by atoms with Gasteiger partial charge in [0, 0.05) is 26.2 Å². The summed E-state index contributed by atoms with van der Waals surface area (Å²) in [7, 11) is 0. The van der Waals surface area contributed by atoms with Crippen LogP contribution < -0.4 is 0 Å². The molecule has 0 atom stereocenters. The third kappa shape index (κ3) is 4.23. The van der Waals surface area contributed by atoms with Crippen molar-refractivity contribution in [3.63, 3.8) is 0 Å². The molecule has 0 aliphatic carbocycles. The van der Waals surface area contributed by atoms with Gasteiger partial charge in [0.1, 0.15) is 6.61 Å². The van der Waals surface area contributed by atoms with Gasteiger partial charge in [-0.2, -0.15) is 0 Å². The van der Waals surface area contributed by atoms with Crippen LogP contribution in [0.5, 0.6) is 0 Å². The van der Waals surface area contributed by atoms with E-state index in [4.69, 9.17) is 4.74 Å². The number of nitrogens with zero attached hydrogens (tertiary/aromatic N) is 2. The van der Waals surface area contributed by atoms with Crippen molar-refractivity contribution in [1.82, 2.24) is 9.80 Å². The van der Waals surface area contributed by atoms with Gasteiger partial charge in [0.15, 0.2) is 0 Å². The van der Waals surface area contributed by atoms with Crippen molar-refractivity contribution < 1.29 is 9.53 Å². The van der Waals surface area contributed by atoms with Crippen LogP contribution in [0.4, 0.5) is 4.79 Å². The average Bonchev–Trinajstić information content (AvgIpc) is 2.30. The first kappa shape index (κ1) is 13.0. The molecule has 1 rings (SSSR count). The first-order chi connectivity index (χ1) is 7.77. The Morgan fingerprint density at radius 1 is 1.31 bits per heavy atom. The van der Waals surface area contributed by atoms with Crippen molar-refractivity contribution in [2.45, 2.75) is 20.3 Å². The smallest absolute Gasteiger partial charge is 0.410 e. The minimum atomic E-state index is -0.186. The number of ether oxygens (including phenoxy) is 1. The summed E-state index contributed by atoms with van der Waals surface area (Å²) < 4.78 is 5.10. The van der Waals surface area contributed by atoms with Crippen LogP contribution in [0.25, 0.3) is 0 Å². The monoisotopic (exact) mass is 226 g/mol. The number of hydrogen-bond donors (Lipinski definition) is 0. The zero-order chi connectivity index (χ0) is 11.8. The second-order valence-electron chi connectivity index (χ2n) is 3.97. The summed E-state index contributed by atoms with van der Waals surface area (Å²) in [4.78, 5) is 15.8. The SMILES string of the molecule is C/C=C\COC(=O)N1CCN(CCC)CC1. The maximum Gasteiger partial charge on any atom is 0.410 e. The number of carbonyl (C=O) groups excluding carboxylic acids is 1. The van der Waals surface area contributed by atoms with E-state index >= 15 is 0 Å². The molecule has 92 valence electrons. The summed E-state index contributed by atoms with van der Waals surface area (Å²) in [5.74, 6) is 0. The number of piperazine rings is 1. The van der Waals surface area contributed by atoms with Crippen LogP contribution in [0.1, 0.15) is 20.3 Å². The summed E-state index contributed by atoms with van der Waals surface area (Å²) >= 11 is 0. The fourth-order valence-corrected chi connectivity index (χ4v) is 1.78. The van der Waals surface area contributed by atoms with Gasteiger partial charge in [-0.25, -0.2) is 4.79 Å². The Hall–Kier alpha value is -1.03. The quantitative estimate of drug-likeness (QED) is 0.684. The molecule has 0 spiro atoms. The van der Waals surface area contributed by atoms with Gasteiger partial charge >= 0.3 is 6.09 Å². The van der Waals surface area contributed by atoms with Crippen LogP contribution >= 0.6 is 0 Å². The van der Waals surface area contributed by atoms with Crippen LogP contribution in [0, 0.1) is 0 Å². The lowest BCUT2D eigenvalue weighted by molar-refractivity contribution is 0.0833. The summed E-state index contributed by atoms with van der Waals surface area (Å²) in [5, 5.41) is 0. The van der Waals surface area contributed by atoms with Crippen LogP contribution in [-0.4, -0.2) is 55.2 Å². The molecule has 4 nitrogen and oxygen atoms in total. The van der Waals surface area contributed by atoms with Gasteiger partial charge in [0.25, 0.3) is 0 Å². The van der Waals surface area contributed by atoms with Gasteiger partial charge in [-0.1, -0.05) is 19.1 Å². The summed E-state index contributed by atoms with van der Waals surface area (Å²) in [6.45, 7) is 9.10. The summed E-state index contributed by atoms with van der Waals surface area (Å²) in [5.41, 5.74) is 0. The standard InChI is InChI=1S/C12H22N2O2/c1-3-5-11-16-12(15)14-9-7-13(6-4-2)8-10-14/h3,5H,4,6-11H2,1-2H3/b5-3-. The van der Waals surface area contributed by atoms with Crippen molar-refractivity contribution in [3.05, 3.63) is 12.2 Å². The van der Waals surface area contributed by atoms with Gasteiger partial charge in [-0.15, -0.1) is 0 Å². The van der Waals surface area contributed by atoms with E-state index in [0.717, 1.165) is 32.7 Å². The maximum absolute atomic E-state index is 11.6. The van der Waals surface area contributed by atoms with Crippen molar-refractivity contribution >= 4 is 6.09 Å². The maximum atomic E-state index is 11.6. The molecule has 4 heteroatoms. The Morgan fingerprint density at radius 3 is 2.56 bits per heavy atom. The molecular formula is C12H22N2O2. The normalized spacial score (nSPS) is 18.0. The predicted molar refractivity (Wildman–Crippen MR) is 64.5 cm³/mol. The first-order valence-electron chi connectivity index (χ1n) is 6.03. The molecule has 0 radical (unpaired) electrons. The molecule has 0 saturated carbocycles. The van der Waals surface area contributed by atoms with E-state index in [1.807, 2.05) is 19.1 Å². The number of allylic oxidation sites excluding steroid dienone is 1. The Labute approximate surface area is 97.9 Å². The molecule has 16 heavy (non-hydrogen) atoms. The number of carbonyl (C=O) groups is 1. The third-order valence-corrected chi connectivity index (χ3v) is 2.71. The lowest BCUT2D eigenvalue weighted by Crippen LogP contribution is -2.48. The molecule has 1 amide bonds. The molecule has 1 aliphatic rings. The fraction of sp³-hybridized carbons (Fsp3) is 0.750. The molecule has 1 saturated heterocycles. The summed E-state index contributed by atoms with van der Waals surface area (Å²) in [6.07, 6.45) is 4.71. The van der Waals surface area contributed by atoms with Gasteiger partial charge in [0.05, 0.1) is 0 Å². The second-order valence-corrected chi connectivity index (χ2v) is 3.97. The van der Waals surface area contributed by atoms with Gasteiger partial charge in [-0.05, 0) is 19.9 Å². The predicted octanol–water partition coefficient (Wildman–Crippen LogP) is 1.73. The molecule has 0 aromatic heterocycles. The zero-order valence-corrected chi connectivity index (χ0v) is 10.3. The van der Waals surface area contributed by atoms with E-state index in [2.05, 4.69) is 11.8 Å². The van der Waals surface area contributed by atoms with Crippen molar-refractivity contribution in [1.29, 1.82) is 0 Å². The van der Waals surface area contributed by atoms with Crippen molar-refractivity contribution in [2.24, 2.45) is 0 Å². The lowest BCUT2D eigenvalue weighted by Gasteiger charge is -2.33. The van der Waals surface area contributed by atoms with E-state index in [1.165, 1.54) is 6.42 Å². The molecule has 0 unspecified atom stereocenters. The van der Waals surface area contributed by atoms with Crippen molar-refractivity contribution in [2.75, 3.05) is 39.3 Å². The highest BCUT2D eigenvalue weighted by molar-refractivity contribution is 5.67. The Morgan fingerprint density at radius 2 is 2.00 bits per heavy atom. The fourth-order valence-electron chi connectivity index (χ4n) is 1.78. The highest BCUT2D eigenvalue weighted by atomic mass is 16.6. The number of hydrogen-bond acceptors (Lipinski definition) is 3. The zero-order valence-electron chi connectivity index (χ0n) is 10.3. The molecule has 1 aliphatic heterocycles. The Kier molecular flexibility index (Phi) is 5.93. The topological polar surface area (TPSA) is 32.8 Å². The third-order valence-electron chi connectivity index (χ3n) is 2.71. The van der Waals surface area contributed by atoms with Crippen LogP contribution in [-0.2, 0) is 4.74 Å². The number of rotatable bonds is 4. The molecule has 0 bridgehead atoms. The van der Waals surface area contributed by atoms with Gasteiger partial charge in [-0.3, -0.25) is 4.90 Å². The minimum absolute atomic E-state index is 0.186. The highest BCUT2D eigenvalue weighted by Crippen LogP contribution is 2.04. The van der Waals surface area contributed by atoms with E-state index in [0.29, 0.717) is 6.61 Å². The molecule has 0 N–H and O–H groups in total. The molecule has 1 fully saturated rings. The molecule has 0 aromatic carbocycles. The van der Waals surface area contributed by atoms with Gasteiger partial charge < -0.3 is 9.64 Å². The minimum Gasteiger partial charge on any atom is -0.445 e. The first-order valence-corrected chi connectivity index (χ1v) is 6.03. The average molecular weight is 226 g/mol. The molecule has 0 aromatic rings. The second kappa shape index (κ2) is 7.28. The van der Waals surface area contributed by atoms with E-state index in [1.54, 1.807) is 4.90 Å². The summed E-state index contributed by atoms with van der Waals surface area (Å²) in [6, 6.07) is 0. The Bertz CT molecular complexity index is 233. The molecular weight excluding hydrogens is 204 g/mol. The molecule has 1 heterocycles. The van der Waals surface area contributed by atoms with E-state index < -0.39 is 0 Å². The van der Waals surface area contributed by atoms with Gasteiger partial charge in [0.2, 0.25) is 0 Å². The lowest BCUT2D eigenvalue weighted by atomic mass is 10.3. The van der Waals surface area contributed by atoms with Crippen LogP contribution in [0.15, 0.2) is 12.2 Å².